The number of rotatable bonds is 4. The summed E-state index contributed by atoms with van der Waals surface area (Å²) in [7, 11) is 0. The average Bonchev–Trinajstić information content (AvgIpc) is 2.84. The number of hydrogen-bond acceptors (Lipinski definition) is 3. The summed E-state index contributed by atoms with van der Waals surface area (Å²) in [5, 5.41) is 7.15. The summed E-state index contributed by atoms with van der Waals surface area (Å²) in [5.74, 6) is -0.0782. The van der Waals surface area contributed by atoms with E-state index < -0.39 is 0 Å². The van der Waals surface area contributed by atoms with Gasteiger partial charge in [-0.3, -0.25) is 4.79 Å². The molecular formula is C14H14BrNOS2. The van der Waals surface area contributed by atoms with Crippen molar-refractivity contribution in [1.82, 2.24) is 5.32 Å². The van der Waals surface area contributed by atoms with E-state index in [1.54, 1.807) is 17.4 Å². The Bertz CT molecular complexity index is 569. The highest BCUT2D eigenvalue weighted by molar-refractivity contribution is 9.10. The van der Waals surface area contributed by atoms with Crippen molar-refractivity contribution < 1.29 is 4.79 Å². The summed E-state index contributed by atoms with van der Waals surface area (Å²) in [6, 6.07) is 7.62. The molecule has 1 aromatic heterocycles. The minimum atomic E-state index is -0.0782. The van der Waals surface area contributed by atoms with Gasteiger partial charge >= 0.3 is 0 Å². The van der Waals surface area contributed by atoms with Crippen LogP contribution in [0.25, 0.3) is 0 Å². The molecule has 0 bridgehead atoms. The molecule has 2 nitrogen and oxygen atoms in total. The van der Waals surface area contributed by atoms with Crippen LogP contribution in [0.3, 0.4) is 0 Å². The van der Waals surface area contributed by atoms with Gasteiger partial charge in [0.2, 0.25) is 0 Å². The van der Waals surface area contributed by atoms with Crippen LogP contribution >= 0.6 is 39.9 Å². The Morgan fingerprint density at radius 1 is 1.47 bits per heavy atom. The van der Waals surface area contributed by atoms with Gasteiger partial charge < -0.3 is 5.32 Å². The van der Waals surface area contributed by atoms with Gasteiger partial charge in [-0.25, -0.2) is 0 Å². The maximum atomic E-state index is 12.2. The SMILES string of the molecule is CC(Cc1ccsc1)NC(=O)c1cc(S)ccc1Br. The molecule has 5 heteroatoms. The summed E-state index contributed by atoms with van der Waals surface area (Å²) in [6.07, 6.45) is 0.841. The number of thiol groups is 1. The lowest BCUT2D eigenvalue weighted by atomic mass is 10.1. The first kappa shape index (κ1) is 14.6. The predicted octanol–water partition coefficient (Wildman–Crippen LogP) is 4.16. The van der Waals surface area contributed by atoms with Gasteiger partial charge in [-0.05, 0) is 69.9 Å². The highest BCUT2D eigenvalue weighted by Crippen LogP contribution is 2.20. The molecule has 1 unspecified atom stereocenters. The van der Waals surface area contributed by atoms with Crippen molar-refractivity contribution in [3.8, 4) is 0 Å². The van der Waals surface area contributed by atoms with Crippen LogP contribution < -0.4 is 5.32 Å². The number of nitrogens with one attached hydrogen (secondary N) is 1. The number of carbonyl (C=O) groups is 1. The van der Waals surface area contributed by atoms with Gasteiger partial charge in [-0.2, -0.15) is 11.3 Å². The van der Waals surface area contributed by atoms with Gasteiger partial charge in [0, 0.05) is 15.4 Å². The Labute approximate surface area is 130 Å². The number of hydrogen-bond donors (Lipinski definition) is 2. The van der Waals surface area contributed by atoms with E-state index in [0.29, 0.717) is 5.56 Å². The average molecular weight is 356 g/mol. The molecule has 2 aromatic rings. The molecule has 0 aliphatic carbocycles. The molecular weight excluding hydrogens is 342 g/mol. The third-order valence-corrected chi connectivity index (χ3v) is 4.40. The molecule has 1 atom stereocenters. The Hall–Kier alpha value is -0.780. The van der Waals surface area contributed by atoms with Crippen molar-refractivity contribution in [2.75, 3.05) is 0 Å². The lowest BCUT2D eigenvalue weighted by Crippen LogP contribution is -2.34. The second kappa shape index (κ2) is 6.59. The first-order valence-corrected chi connectivity index (χ1v) is 8.05. The van der Waals surface area contributed by atoms with Crippen LogP contribution in [0.4, 0.5) is 0 Å². The molecule has 100 valence electrons. The molecule has 1 heterocycles. The molecule has 0 aliphatic rings. The third-order valence-electron chi connectivity index (χ3n) is 2.69. The molecule has 19 heavy (non-hydrogen) atoms. The standard InChI is InChI=1S/C14H14BrNOS2/c1-9(6-10-4-5-19-8-10)16-14(17)12-7-11(18)2-3-13(12)15/h2-5,7-9,18H,6H2,1H3,(H,16,17). The smallest absolute Gasteiger partial charge is 0.252 e. The Balaban J connectivity index is 2.02. The lowest BCUT2D eigenvalue weighted by Gasteiger charge is -2.14. The minimum absolute atomic E-state index is 0.0782. The van der Waals surface area contributed by atoms with Gasteiger partial charge in [0.05, 0.1) is 5.56 Å². The first-order chi connectivity index (χ1) is 9.06. The number of carbonyl (C=O) groups excluding carboxylic acids is 1. The summed E-state index contributed by atoms with van der Waals surface area (Å²) < 4.78 is 0.783. The zero-order valence-electron chi connectivity index (χ0n) is 10.4. The van der Waals surface area contributed by atoms with Crippen molar-refractivity contribution in [2.24, 2.45) is 0 Å². The normalized spacial score (nSPS) is 12.2. The van der Waals surface area contributed by atoms with Gasteiger partial charge in [0.1, 0.15) is 0 Å². The van der Waals surface area contributed by atoms with Crippen LogP contribution in [-0.2, 0) is 6.42 Å². The van der Waals surface area contributed by atoms with Gasteiger partial charge in [-0.1, -0.05) is 0 Å². The van der Waals surface area contributed by atoms with E-state index in [2.05, 4.69) is 45.3 Å². The van der Waals surface area contributed by atoms with E-state index in [0.717, 1.165) is 15.8 Å². The highest BCUT2D eigenvalue weighted by Gasteiger charge is 2.13. The van der Waals surface area contributed by atoms with E-state index in [-0.39, 0.29) is 11.9 Å². The molecule has 1 N–H and O–H groups in total. The molecule has 0 spiro atoms. The lowest BCUT2D eigenvalue weighted by molar-refractivity contribution is 0.0939. The van der Waals surface area contributed by atoms with E-state index in [1.165, 1.54) is 5.56 Å². The third kappa shape index (κ3) is 4.09. The van der Waals surface area contributed by atoms with Crippen LogP contribution in [0, 0.1) is 0 Å². The molecule has 0 saturated heterocycles. The number of benzene rings is 1. The van der Waals surface area contributed by atoms with Crippen molar-refractivity contribution in [1.29, 1.82) is 0 Å². The van der Waals surface area contributed by atoms with E-state index in [9.17, 15) is 4.79 Å². The Kier molecular flexibility index (Phi) is 5.07. The number of amides is 1. The molecule has 1 amide bonds. The number of halogens is 1. The summed E-state index contributed by atoms with van der Waals surface area (Å²) in [4.78, 5) is 13.0. The quantitative estimate of drug-likeness (QED) is 0.792. The molecule has 0 saturated carbocycles. The summed E-state index contributed by atoms with van der Waals surface area (Å²) in [5.41, 5.74) is 1.87. The van der Waals surface area contributed by atoms with Crippen LogP contribution in [0.5, 0.6) is 0 Å². The Morgan fingerprint density at radius 3 is 2.95 bits per heavy atom. The first-order valence-electron chi connectivity index (χ1n) is 5.86. The van der Waals surface area contributed by atoms with Crippen LogP contribution in [0.2, 0.25) is 0 Å². The summed E-state index contributed by atoms with van der Waals surface area (Å²) >= 11 is 9.32. The zero-order valence-corrected chi connectivity index (χ0v) is 13.7. The van der Waals surface area contributed by atoms with Crippen LogP contribution in [0.15, 0.2) is 44.4 Å². The Morgan fingerprint density at radius 2 is 2.26 bits per heavy atom. The summed E-state index contributed by atoms with van der Waals surface area (Å²) in [6.45, 7) is 2.01. The van der Waals surface area contributed by atoms with Crippen molar-refractivity contribution in [3.05, 3.63) is 50.6 Å². The van der Waals surface area contributed by atoms with Crippen molar-refractivity contribution >= 4 is 45.8 Å². The molecule has 1 aromatic carbocycles. The monoisotopic (exact) mass is 355 g/mol. The fraction of sp³-hybridized carbons (Fsp3) is 0.214. The molecule has 0 fully saturated rings. The van der Waals surface area contributed by atoms with Crippen molar-refractivity contribution in [2.45, 2.75) is 24.3 Å². The maximum absolute atomic E-state index is 12.2. The second-order valence-electron chi connectivity index (χ2n) is 4.37. The van der Waals surface area contributed by atoms with Gasteiger partial charge in [0.25, 0.3) is 5.91 Å². The van der Waals surface area contributed by atoms with E-state index in [4.69, 9.17) is 0 Å². The van der Waals surface area contributed by atoms with E-state index in [1.807, 2.05) is 24.4 Å². The van der Waals surface area contributed by atoms with Gasteiger partial charge in [0.15, 0.2) is 0 Å². The fourth-order valence-corrected chi connectivity index (χ4v) is 3.11. The van der Waals surface area contributed by atoms with Crippen LogP contribution in [-0.4, -0.2) is 11.9 Å². The highest BCUT2D eigenvalue weighted by atomic mass is 79.9. The largest absolute Gasteiger partial charge is 0.349 e. The number of thiophene rings is 1. The van der Waals surface area contributed by atoms with Gasteiger partial charge in [-0.15, -0.1) is 12.6 Å². The fourth-order valence-electron chi connectivity index (χ4n) is 1.80. The molecule has 2 rings (SSSR count). The maximum Gasteiger partial charge on any atom is 0.252 e. The predicted molar refractivity (Wildman–Crippen MR) is 86.3 cm³/mol. The molecule has 0 radical (unpaired) electrons. The van der Waals surface area contributed by atoms with Crippen LogP contribution in [0.1, 0.15) is 22.8 Å². The minimum Gasteiger partial charge on any atom is -0.349 e. The zero-order chi connectivity index (χ0) is 13.8. The molecule has 0 aliphatic heterocycles. The topological polar surface area (TPSA) is 29.1 Å². The van der Waals surface area contributed by atoms with Crippen molar-refractivity contribution in [3.63, 3.8) is 0 Å². The van der Waals surface area contributed by atoms with E-state index >= 15 is 0 Å². The second-order valence-corrected chi connectivity index (χ2v) is 6.53.